The number of nitrogens with one attached hydrogen (secondary N) is 1. The van der Waals surface area contributed by atoms with Gasteiger partial charge in [0.1, 0.15) is 5.75 Å². The maximum Gasteiger partial charge on any atom is 0.119 e. The van der Waals surface area contributed by atoms with Gasteiger partial charge in [-0.05, 0) is 67.1 Å². The highest BCUT2D eigenvalue weighted by molar-refractivity contribution is 5.30. The van der Waals surface area contributed by atoms with Crippen molar-refractivity contribution in [2.24, 2.45) is 23.7 Å². The van der Waals surface area contributed by atoms with Crippen molar-refractivity contribution in [1.29, 1.82) is 0 Å². The van der Waals surface area contributed by atoms with Crippen LogP contribution < -0.4 is 10.1 Å². The van der Waals surface area contributed by atoms with Gasteiger partial charge in [0.2, 0.25) is 0 Å². The molecule has 3 heteroatoms. The molecule has 2 N–H and O–H groups in total. The lowest BCUT2D eigenvalue weighted by molar-refractivity contribution is 0.148. The molecule has 0 saturated heterocycles. The van der Waals surface area contributed by atoms with Crippen LogP contribution in [0.2, 0.25) is 0 Å². The second-order valence-electron chi connectivity index (χ2n) is 7.46. The van der Waals surface area contributed by atoms with E-state index in [1.807, 2.05) is 24.3 Å². The van der Waals surface area contributed by atoms with E-state index in [0.717, 1.165) is 35.0 Å². The van der Waals surface area contributed by atoms with E-state index in [1.165, 1.54) is 32.1 Å². The number of methoxy groups -OCH3 is 1. The lowest BCUT2D eigenvalue weighted by Crippen LogP contribution is -2.41. The van der Waals surface area contributed by atoms with Crippen molar-refractivity contribution in [2.75, 3.05) is 13.7 Å². The van der Waals surface area contributed by atoms with Gasteiger partial charge in [0.25, 0.3) is 0 Å². The van der Waals surface area contributed by atoms with E-state index < -0.39 is 6.10 Å². The Morgan fingerprint density at radius 1 is 1.23 bits per heavy atom. The van der Waals surface area contributed by atoms with Crippen molar-refractivity contribution in [3.8, 4) is 5.75 Å². The van der Waals surface area contributed by atoms with Gasteiger partial charge >= 0.3 is 0 Å². The number of hydrogen-bond donors (Lipinski definition) is 2. The predicted octanol–water partition coefficient (Wildman–Crippen LogP) is 3.14. The minimum Gasteiger partial charge on any atom is -0.497 e. The average molecular weight is 301 g/mol. The van der Waals surface area contributed by atoms with Crippen molar-refractivity contribution < 1.29 is 9.84 Å². The Hall–Kier alpha value is -1.06. The number of ether oxygens (including phenoxy) is 1. The summed E-state index contributed by atoms with van der Waals surface area (Å²) in [6.45, 7) is 0.651. The molecular formula is C19H27NO2. The second-order valence-corrected chi connectivity index (χ2v) is 7.46. The van der Waals surface area contributed by atoms with E-state index in [2.05, 4.69) is 5.32 Å². The second kappa shape index (κ2) is 5.86. The molecule has 0 aromatic heterocycles. The Kier molecular flexibility index (Phi) is 3.87. The molecule has 0 amide bonds. The molecule has 2 bridgehead atoms. The minimum atomic E-state index is -0.450. The zero-order valence-corrected chi connectivity index (χ0v) is 13.4. The zero-order valence-electron chi connectivity index (χ0n) is 13.4. The fourth-order valence-corrected chi connectivity index (χ4v) is 5.53. The summed E-state index contributed by atoms with van der Waals surface area (Å²) in [5.41, 5.74) is 0.939. The molecule has 1 aromatic carbocycles. The highest BCUT2D eigenvalue weighted by atomic mass is 16.5. The lowest BCUT2D eigenvalue weighted by atomic mass is 9.79. The van der Waals surface area contributed by atoms with Crippen molar-refractivity contribution >= 4 is 0 Å². The number of benzene rings is 1. The van der Waals surface area contributed by atoms with Gasteiger partial charge in [-0.1, -0.05) is 18.6 Å². The molecule has 120 valence electrons. The van der Waals surface area contributed by atoms with Crippen LogP contribution in [0.5, 0.6) is 5.75 Å². The third-order valence-corrected chi connectivity index (χ3v) is 6.48. The van der Waals surface area contributed by atoms with Crippen LogP contribution in [0.1, 0.15) is 43.8 Å². The Balaban J connectivity index is 1.35. The third kappa shape index (κ3) is 2.44. The fourth-order valence-electron chi connectivity index (χ4n) is 5.53. The minimum absolute atomic E-state index is 0.450. The molecule has 3 aliphatic carbocycles. The summed E-state index contributed by atoms with van der Waals surface area (Å²) in [4.78, 5) is 0. The van der Waals surface area contributed by atoms with Gasteiger partial charge < -0.3 is 15.2 Å². The summed E-state index contributed by atoms with van der Waals surface area (Å²) in [5.74, 6) is 4.65. The molecule has 0 aliphatic heterocycles. The van der Waals surface area contributed by atoms with E-state index in [-0.39, 0.29) is 0 Å². The van der Waals surface area contributed by atoms with Crippen LogP contribution in [-0.2, 0) is 0 Å². The topological polar surface area (TPSA) is 41.5 Å². The monoisotopic (exact) mass is 301 g/mol. The molecule has 0 spiro atoms. The standard InChI is InChI=1S/C19H27NO2/c1-22-14-5-2-4-12(8-14)19(21)11-20-18-10-13-9-17(18)16-7-3-6-15(13)16/h2,4-5,8,13,15-21H,3,6-7,9-11H2,1H3/t13-,15+,16-,17+,18-,19-/m1/s1. The molecule has 3 fully saturated rings. The Labute approximate surface area is 133 Å². The first-order chi connectivity index (χ1) is 10.8. The summed E-state index contributed by atoms with van der Waals surface area (Å²) in [5, 5.41) is 14.1. The highest BCUT2D eigenvalue weighted by Crippen LogP contribution is 2.58. The smallest absolute Gasteiger partial charge is 0.119 e. The zero-order chi connectivity index (χ0) is 15.1. The molecule has 1 aromatic rings. The molecule has 3 saturated carbocycles. The normalized spacial score (nSPS) is 37.3. The summed E-state index contributed by atoms with van der Waals surface area (Å²) in [6, 6.07) is 8.39. The van der Waals surface area contributed by atoms with Gasteiger partial charge in [0.05, 0.1) is 13.2 Å². The van der Waals surface area contributed by atoms with Crippen LogP contribution in [-0.4, -0.2) is 24.8 Å². The van der Waals surface area contributed by atoms with Crippen molar-refractivity contribution in [2.45, 2.75) is 44.2 Å². The lowest BCUT2D eigenvalue weighted by Gasteiger charge is -2.32. The Bertz CT molecular complexity index is 532. The number of fused-ring (bicyclic) bond motifs is 5. The first-order valence-corrected chi connectivity index (χ1v) is 8.81. The van der Waals surface area contributed by atoms with Crippen molar-refractivity contribution in [3.63, 3.8) is 0 Å². The number of aliphatic hydroxyl groups is 1. The fraction of sp³-hybridized carbons (Fsp3) is 0.684. The van der Waals surface area contributed by atoms with E-state index in [1.54, 1.807) is 7.11 Å². The third-order valence-electron chi connectivity index (χ3n) is 6.48. The average Bonchev–Trinajstić information content (AvgIpc) is 3.25. The molecule has 0 radical (unpaired) electrons. The number of aliphatic hydroxyl groups excluding tert-OH is 1. The van der Waals surface area contributed by atoms with Gasteiger partial charge in [-0.3, -0.25) is 0 Å². The van der Waals surface area contributed by atoms with Gasteiger partial charge in [-0.2, -0.15) is 0 Å². The number of rotatable bonds is 5. The molecule has 3 aliphatic rings. The molecule has 22 heavy (non-hydrogen) atoms. The SMILES string of the molecule is COc1cccc([C@H](O)CN[C@@H]2C[C@H]3C[C@H]2[C@@H]2CCC[C@@H]32)c1. The quantitative estimate of drug-likeness (QED) is 0.878. The van der Waals surface area contributed by atoms with Crippen LogP contribution in [0.4, 0.5) is 0 Å². The maximum absolute atomic E-state index is 10.4. The molecule has 4 rings (SSSR count). The molecule has 6 atom stereocenters. The van der Waals surface area contributed by atoms with E-state index in [4.69, 9.17) is 4.74 Å². The van der Waals surface area contributed by atoms with Gasteiger partial charge in [0.15, 0.2) is 0 Å². The van der Waals surface area contributed by atoms with Crippen LogP contribution in [0.25, 0.3) is 0 Å². The summed E-state index contributed by atoms with van der Waals surface area (Å²) >= 11 is 0. The van der Waals surface area contributed by atoms with E-state index in [0.29, 0.717) is 12.6 Å². The summed E-state index contributed by atoms with van der Waals surface area (Å²) < 4.78 is 5.24. The van der Waals surface area contributed by atoms with E-state index >= 15 is 0 Å². The van der Waals surface area contributed by atoms with Crippen LogP contribution in [0.3, 0.4) is 0 Å². The molecule has 0 unspecified atom stereocenters. The molecule has 0 heterocycles. The maximum atomic E-state index is 10.4. The Morgan fingerprint density at radius 3 is 2.95 bits per heavy atom. The molecular weight excluding hydrogens is 274 g/mol. The summed E-state index contributed by atoms with van der Waals surface area (Å²) in [6.07, 6.45) is 6.68. The van der Waals surface area contributed by atoms with Crippen molar-refractivity contribution in [3.05, 3.63) is 29.8 Å². The number of hydrogen-bond acceptors (Lipinski definition) is 3. The largest absolute Gasteiger partial charge is 0.497 e. The Morgan fingerprint density at radius 2 is 2.09 bits per heavy atom. The van der Waals surface area contributed by atoms with Gasteiger partial charge in [-0.15, -0.1) is 0 Å². The summed E-state index contributed by atoms with van der Waals surface area (Å²) in [7, 11) is 1.66. The predicted molar refractivity (Wildman–Crippen MR) is 86.8 cm³/mol. The highest BCUT2D eigenvalue weighted by Gasteiger charge is 2.53. The van der Waals surface area contributed by atoms with Crippen molar-refractivity contribution in [1.82, 2.24) is 5.32 Å². The molecule has 3 nitrogen and oxygen atoms in total. The van der Waals surface area contributed by atoms with Crippen LogP contribution in [0, 0.1) is 23.7 Å². The first kappa shape index (κ1) is 14.5. The van der Waals surface area contributed by atoms with Crippen LogP contribution >= 0.6 is 0 Å². The van der Waals surface area contributed by atoms with E-state index in [9.17, 15) is 5.11 Å². The first-order valence-electron chi connectivity index (χ1n) is 8.81. The van der Waals surface area contributed by atoms with Gasteiger partial charge in [-0.25, -0.2) is 0 Å². The van der Waals surface area contributed by atoms with Crippen LogP contribution in [0.15, 0.2) is 24.3 Å². The van der Waals surface area contributed by atoms with Gasteiger partial charge in [0, 0.05) is 12.6 Å².